The van der Waals surface area contributed by atoms with Crippen molar-refractivity contribution in [1.82, 2.24) is 15.5 Å². The van der Waals surface area contributed by atoms with E-state index in [0.29, 0.717) is 11.3 Å². The minimum atomic E-state index is -0.579. The van der Waals surface area contributed by atoms with Crippen molar-refractivity contribution in [3.05, 3.63) is 46.2 Å². The molecule has 2 N–H and O–H groups in total. The minimum Gasteiger partial charge on any atom is -0.456 e. The lowest BCUT2D eigenvalue weighted by Gasteiger charge is -2.33. The van der Waals surface area contributed by atoms with Crippen LogP contribution < -0.4 is 10.6 Å². The smallest absolute Gasteiger partial charge is 0.338 e. The SMILES string of the molecule is Cc1ccc(C)c(C2NC(=O)N(CC(=O)NC(C)(C)C)C3=C2C(=O)OC3)c1. The van der Waals surface area contributed by atoms with Crippen molar-refractivity contribution in [3.8, 4) is 0 Å². The number of hydrogen-bond acceptors (Lipinski definition) is 4. The monoisotopic (exact) mass is 371 g/mol. The zero-order chi connectivity index (χ0) is 19.9. The van der Waals surface area contributed by atoms with Crippen molar-refractivity contribution in [2.45, 2.75) is 46.2 Å². The maximum Gasteiger partial charge on any atom is 0.338 e. The number of cyclic esters (lactones) is 1. The van der Waals surface area contributed by atoms with Gasteiger partial charge in [0.1, 0.15) is 13.2 Å². The molecule has 2 heterocycles. The summed E-state index contributed by atoms with van der Waals surface area (Å²) in [6.07, 6.45) is 0. The Bertz CT molecular complexity index is 851. The fourth-order valence-electron chi connectivity index (χ4n) is 3.38. The Morgan fingerprint density at radius 3 is 2.67 bits per heavy atom. The Morgan fingerprint density at radius 1 is 1.30 bits per heavy atom. The van der Waals surface area contributed by atoms with Crippen molar-refractivity contribution >= 4 is 17.9 Å². The van der Waals surface area contributed by atoms with Crippen LogP contribution in [0.1, 0.15) is 43.5 Å². The van der Waals surface area contributed by atoms with Crippen LogP contribution >= 0.6 is 0 Å². The minimum absolute atomic E-state index is 0.00819. The number of esters is 1. The second-order valence-corrected chi connectivity index (χ2v) is 8.06. The molecule has 144 valence electrons. The normalized spacial score (nSPS) is 19.6. The first-order valence-electron chi connectivity index (χ1n) is 8.93. The van der Waals surface area contributed by atoms with E-state index in [1.807, 2.05) is 52.8 Å². The first-order chi connectivity index (χ1) is 12.6. The van der Waals surface area contributed by atoms with Gasteiger partial charge < -0.3 is 15.4 Å². The number of hydrogen-bond donors (Lipinski definition) is 2. The number of urea groups is 1. The van der Waals surface area contributed by atoms with Gasteiger partial charge in [-0.05, 0) is 45.7 Å². The predicted molar refractivity (Wildman–Crippen MR) is 99.8 cm³/mol. The summed E-state index contributed by atoms with van der Waals surface area (Å²) in [6, 6.07) is 4.90. The van der Waals surface area contributed by atoms with Crippen LogP contribution in [0.4, 0.5) is 4.79 Å². The summed E-state index contributed by atoms with van der Waals surface area (Å²) < 4.78 is 5.20. The summed E-state index contributed by atoms with van der Waals surface area (Å²) >= 11 is 0. The number of carbonyl (C=O) groups is 3. The number of nitrogens with zero attached hydrogens (tertiary/aromatic N) is 1. The average molecular weight is 371 g/mol. The first-order valence-corrected chi connectivity index (χ1v) is 8.93. The molecule has 0 aliphatic carbocycles. The number of benzene rings is 1. The van der Waals surface area contributed by atoms with E-state index in [-0.39, 0.29) is 19.1 Å². The molecule has 0 bridgehead atoms. The summed E-state index contributed by atoms with van der Waals surface area (Å²) in [4.78, 5) is 38.8. The lowest BCUT2D eigenvalue weighted by atomic mass is 9.91. The molecule has 1 aromatic rings. The zero-order valence-corrected chi connectivity index (χ0v) is 16.3. The van der Waals surface area contributed by atoms with Gasteiger partial charge in [0.25, 0.3) is 0 Å². The summed E-state index contributed by atoms with van der Waals surface area (Å²) in [6.45, 7) is 9.31. The third-order valence-corrected chi connectivity index (χ3v) is 4.56. The van der Waals surface area contributed by atoms with E-state index in [4.69, 9.17) is 4.74 Å². The van der Waals surface area contributed by atoms with E-state index in [2.05, 4.69) is 10.6 Å². The van der Waals surface area contributed by atoms with Crippen molar-refractivity contribution in [1.29, 1.82) is 0 Å². The summed E-state index contributed by atoms with van der Waals surface area (Å²) in [5.41, 5.74) is 3.30. The number of carbonyl (C=O) groups excluding carboxylic acids is 3. The molecular formula is C20H25N3O4. The molecule has 3 rings (SSSR count). The third kappa shape index (κ3) is 3.82. The molecule has 27 heavy (non-hydrogen) atoms. The molecule has 1 aromatic carbocycles. The maximum atomic E-state index is 12.8. The van der Waals surface area contributed by atoms with E-state index >= 15 is 0 Å². The van der Waals surface area contributed by atoms with Gasteiger partial charge in [-0.15, -0.1) is 0 Å². The summed E-state index contributed by atoms with van der Waals surface area (Å²) in [5, 5.41) is 5.70. The van der Waals surface area contributed by atoms with E-state index in [9.17, 15) is 14.4 Å². The molecule has 1 atom stereocenters. The number of amides is 3. The molecule has 3 amide bonds. The highest BCUT2D eigenvalue weighted by Crippen LogP contribution is 2.36. The summed E-state index contributed by atoms with van der Waals surface area (Å²) in [5.74, 6) is -0.758. The van der Waals surface area contributed by atoms with Crippen LogP contribution in [-0.4, -0.2) is 41.5 Å². The molecule has 1 unspecified atom stereocenters. The molecule has 0 radical (unpaired) electrons. The van der Waals surface area contributed by atoms with Crippen molar-refractivity contribution in [2.24, 2.45) is 0 Å². The predicted octanol–water partition coefficient (Wildman–Crippen LogP) is 2.10. The largest absolute Gasteiger partial charge is 0.456 e. The van der Waals surface area contributed by atoms with Crippen molar-refractivity contribution in [2.75, 3.05) is 13.2 Å². The average Bonchev–Trinajstić information content (AvgIpc) is 2.92. The first kappa shape index (κ1) is 18.9. The molecule has 0 spiro atoms. The van der Waals surface area contributed by atoms with Gasteiger partial charge in [0, 0.05) is 5.54 Å². The van der Waals surface area contributed by atoms with Crippen LogP contribution in [-0.2, 0) is 14.3 Å². The highest BCUT2D eigenvalue weighted by molar-refractivity contribution is 5.98. The topological polar surface area (TPSA) is 87.7 Å². The van der Waals surface area contributed by atoms with Crippen LogP contribution in [0.25, 0.3) is 0 Å². The number of rotatable bonds is 3. The Hall–Kier alpha value is -2.83. The lowest BCUT2D eigenvalue weighted by Crippen LogP contribution is -2.52. The molecule has 0 saturated heterocycles. The fraction of sp³-hybridized carbons (Fsp3) is 0.450. The second-order valence-electron chi connectivity index (χ2n) is 8.06. The van der Waals surface area contributed by atoms with Gasteiger partial charge >= 0.3 is 12.0 Å². The fourth-order valence-corrected chi connectivity index (χ4v) is 3.38. The van der Waals surface area contributed by atoms with Gasteiger partial charge in [-0.3, -0.25) is 9.69 Å². The van der Waals surface area contributed by atoms with Gasteiger partial charge in [-0.25, -0.2) is 9.59 Å². The van der Waals surface area contributed by atoms with Gasteiger partial charge in [0.05, 0.1) is 17.3 Å². The van der Waals surface area contributed by atoms with E-state index in [1.165, 1.54) is 4.90 Å². The molecule has 7 heteroatoms. The molecule has 0 fully saturated rings. The maximum absolute atomic E-state index is 12.8. The highest BCUT2D eigenvalue weighted by atomic mass is 16.5. The van der Waals surface area contributed by atoms with Crippen molar-refractivity contribution < 1.29 is 19.1 Å². The van der Waals surface area contributed by atoms with Crippen LogP contribution in [0.3, 0.4) is 0 Å². The zero-order valence-electron chi connectivity index (χ0n) is 16.3. The quantitative estimate of drug-likeness (QED) is 0.797. The van der Waals surface area contributed by atoms with Gasteiger partial charge in [0.2, 0.25) is 5.91 Å². The van der Waals surface area contributed by atoms with E-state index < -0.39 is 23.6 Å². The van der Waals surface area contributed by atoms with Crippen LogP contribution in [0.2, 0.25) is 0 Å². The molecule has 0 saturated carbocycles. The molecule has 2 aliphatic heterocycles. The Kier molecular flexibility index (Phi) is 4.71. The Balaban J connectivity index is 1.97. The van der Waals surface area contributed by atoms with Gasteiger partial charge in [-0.2, -0.15) is 0 Å². The van der Waals surface area contributed by atoms with Crippen molar-refractivity contribution in [3.63, 3.8) is 0 Å². The standard InChI is InChI=1S/C20H25N3O4/c1-11-6-7-12(2)13(8-11)17-16-14(10-27-18(16)25)23(19(26)21-17)9-15(24)22-20(3,4)5/h6-8,17H,9-10H2,1-5H3,(H,21,26)(H,22,24). The van der Waals surface area contributed by atoms with E-state index in [1.54, 1.807) is 0 Å². The Morgan fingerprint density at radius 2 is 2.00 bits per heavy atom. The van der Waals surface area contributed by atoms with Gasteiger partial charge in [0.15, 0.2) is 0 Å². The van der Waals surface area contributed by atoms with Crippen LogP contribution in [0.5, 0.6) is 0 Å². The Labute approximate surface area is 158 Å². The number of aryl methyl sites for hydroxylation is 2. The molecule has 2 aliphatic rings. The third-order valence-electron chi connectivity index (χ3n) is 4.56. The summed E-state index contributed by atoms with van der Waals surface area (Å²) in [7, 11) is 0. The molecule has 7 nitrogen and oxygen atoms in total. The number of nitrogens with one attached hydrogen (secondary N) is 2. The number of ether oxygens (including phenoxy) is 1. The van der Waals surface area contributed by atoms with Gasteiger partial charge in [-0.1, -0.05) is 23.8 Å². The second kappa shape index (κ2) is 6.72. The molecule has 0 aromatic heterocycles. The molecular weight excluding hydrogens is 346 g/mol. The van der Waals surface area contributed by atoms with E-state index in [0.717, 1.165) is 16.7 Å². The van der Waals surface area contributed by atoms with Crippen LogP contribution in [0.15, 0.2) is 29.5 Å². The highest BCUT2D eigenvalue weighted by Gasteiger charge is 2.43. The van der Waals surface area contributed by atoms with Crippen LogP contribution in [0, 0.1) is 13.8 Å². The lowest BCUT2D eigenvalue weighted by molar-refractivity contribution is -0.136.